The highest BCUT2D eigenvalue weighted by Gasteiger charge is 2.21. The molecule has 5 aromatic rings. The Bertz CT molecular complexity index is 1740. The summed E-state index contributed by atoms with van der Waals surface area (Å²) in [5.74, 6) is -0.398. The zero-order valence-corrected chi connectivity index (χ0v) is 22.7. The van der Waals surface area contributed by atoms with Gasteiger partial charge in [0.2, 0.25) is 0 Å². The van der Waals surface area contributed by atoms with Crippen molar-refractivity contribution in [1.82, 2.24) is 5.32 Å². The molecule has 0 aromatic heterocycles. The molecule has 2 N–H and O–H groups in total. The lowest BCUT2D eigenvalue weighted by Crippen LogP contribution is -2.32. The van der Waals surface area contributed by atoms with Crippen LogP contribution < -0.4 is 15.0 Å². The van der Waals surface area contributed by atoms with Crippen LogP contribution in [0, 0.1) is 0 Å². The van der Waals surface area contributed by atoms with E-state index in [1.807, 2.05) is 79.7 Å². The number of anilines is 1. The van der Waals surface area contributed by atoms with Gasteiger partial charge in [0.25, 0.3) is 5.91 Å². The average Bonchev–Trinajstić information content (AvgIpc) is 3.01. The van der Waals surface area contributed by atoms with Crippen molar-refractivity contribution in [2.24, 2.45) is 0 Å². The zero-order chi connectivity index (χ0) is 28.3. The fourth-order valence-corrected chi connectivity index (χ4v) is 5.50. The summed E-state index contributed by atoms with van der Waals surface area (Å²) < 4.78 is 5.96. The highest BCUT2D eigenvalue weighted by atomic mass is 16.5. The molecule has 5 aromatic carbocycles. The first kappa shape index (κ1) is 26.1. The number of rotatable bonds is 7. The van der Waals surface area contributed by atoms with E-state index < -0.39 is 5.97 Å². The second-order valence-corrected chi connectivity index (χ2v) is 10.3. The van der Waals surface area contributed by atoms with Crippen molar-refractivity contribution in [2.45, 2.75) is 19.5 Å². The highest BCUT2D eigenvalue weighted by Crippen LogP contribution is 2.34. The van der Waals surface area contributed by atoms with Crippen molar-refractivity contribution < 1.29 is 19.4 Å². The first-order chi connectivity index (χ1) is 20.0. The molecule has 0 radical (unpaired) electrons. The number of hydrogen-bond acceptors (Lipinski definition) is 4. The minimum absolute atomic E-state index is 0.147. The molecule has 6 nitrogen and oxygen atoms in total. The molecule has 1 aliphatic heterocycles. The third-order valence-corrected chi connectivity index (χ3v) is 7.61. The van der Waals surface area contributed by atoms with E-state index in [0.717, 1.165) is 39.7 Å². The number of fused-ring (bicyclic) bond motifs is 2. The number of carboxylic acid groups (broad SMARTS) is 1. The number of benzene rings is 5. The van der Waals surface area contributed by atoms with Gasteiger partial charge >= 0.3 is 5.97 Å². The second-order valence-electron chi connectivity index (χ2n) is 10.3. The van der Waals surface area contributed by atoms with Crippen LogP contribution in [0.4, 0.5) is 5.69 Å². The number of nitrogens with zero attached hydrogens (tertiary/aromatic N) is 1. The van der Waals surface area contributed by atoms with Gasteiger partial charge in [0.05, 0.1) is 23.8 Å². The molecule has 0 saturated carbocycles. The predicted octanol–water partition coefficient (Wildman–Crippen LogP) is 7.10. The lowest BCUT2D eigenvalue weighted by atomic mass is 9.98. The van der Waals surface area contributed by atoms with Crippen molar-refractivity contribution in [2.75, 3.05) is 18.1 Å². The molecule has 41 heavy (non-hydrogen) atoms. The number of nitrogens with one attached hydrogen (secondary N) is 1. The van der Waals surface area contributed by atoms with Crippen molar-refractivity contribution in [3.05, 3.63) is 131 Å². The number of carboxylic acids is 1. The number of carbonyl (C=O) groups excluding carboxylic acids is 1. The van der Waals surface area contributed by atoms with Gasteiger partial charge in [0, 0.05) is 12.1 Å². The van der Waals surface area contributed by atoms with Gasteiger partial charge in [-0.15, -0.1) is 0 Å². The third-order valence-electron chi connectivity index (χ3n) is 7.61. The van der Waals surface area contributed by atoms with Crippen LogP contribution in [0.2, 0.25) is 0 Å². The van der Waals surface area contributed by atoms with Gasteiger partial charge < -0.3 is 20.1 Å². The van der Waals surface area contributed by atoms with E-state index in [9.17, 15) is 14.7 Å². The minimum atomic E-state index is -0.939. The molecular weight excluding hydrogens is 512 g/mol. The molecule has 0 bridgehead atoms. The van der Waals surface area contributed by atoms with E-state index in [2.05, 4.69) is 34.5 Å². The zero-order valence-electron chi connectivity index (χ0n) is 22.7. The van der Waals surface area contributed by atoms with Gasteiger partial charge in [-0.05, 0) is 64.2 Å². The fraction of sp³-hybridized carbons (Fsp3) is 0.143. The van der Waals surface area contributed by atoms with Gasteiger partial charge in [-0.25, -0.2) is 4.79 Å². The van der Waals surface area contributed by atoms with Crippen LogP contribution in [0.15, 0.2) is 109 Å². The summed E-state index contributed by atoms with van der Waals surface area (Å²) in [6.07, 6.45) is 0. The maximum absolute atomic E-state index is 13.2. The van der Waals surface area contributed by atoms with Crippen molar-refractivity contribution in [3.8, 4) is 16.9 Å². The molecule has 6 rings (SSSR count). The van der Waals surface area contributed by atoms with Gasteiger partial charge in [0.1, 0.15) is 12.4 Å². The van der Waals surface area contributed by atoms with Crippen LogP contribution >= 0.6 is 0 Å². The van der Waals surface area contributed by atoms with E-state index in [0.29, 0.717) is 30.0 Å². The van der Waals surface area contributed by atoms with Crippen LogP contribution in [-0.4, -0.2) is 30.1 Å². The molecule has 1 aliphatic rings. The molecular formula is C35H30N2O4. The first-order valence-corrected chi connectivity index (χ1v) is 13.7. The van der Waals surface area contributed by atoms with Crippen molar-refractivity contribution in [3.63, 3.8) is 0 Å². The van der Waals surface area contributed by atoms with Crippen LogP contribution in [0.25, 0.3) is 21.9 Å². The van der Waals surface area contributed by atoms with Crippen LogP contribution in [0.3, 0.4) is 0 Å². The smallest absolute Gasteiger partial charge is 0.336 e. The topological polar surface area (TPSA) is 78.9 Å². The monoisotopic (exact) mass is 542 g/mol. The number of amides is 1. The summed E-state index contributed by atoms with van der Waals surface area (Å²) in [5.41, 5.74) is 5.52. The number of ether oxygens (including phenoxy) is 1. The molecule has 204 valence electrons. The van der Waals surface area contributed by atoms with Gasteiger partial charge in [-0.2, -0.15) is 0 Å². The molecule has 1 heterocycles. The quantitative estimate of drug-likeness (QED) is 0.229. The van der Waals surface area contributed by atoms with E-state index >= 15 is 0 Å². The summed E-state index contributed by atoms with van der Waals surface area (Å²) in [5, 5.41) is 15.0. The normalized spacial score (nSPS) is 13.2. The fourth-order valence-electron chi connectivity index (χ4n) is 5.50. The van der Waals surface area contributed by atoms with E-state index in [-0.39, 0.29) is 17.5 Å². The first-order valence-electron chi connectivity index (χ1n) is 13.7. The summed E-state index contributed by atoms with van der Waals surface area (Å²) >= 11 is 0. The molecule has 0 saturated heterocycles. The largest absolute Gasteiger partial charge is 0.490 e. The molecule has 0 spiro atoms. The Hall–Kier alpha value is -5.10. The van der Waals surface area contributed by atoms with Crippen molar-refractivity contribution in [1.29, 1.82) is 0 Å². The molecule has 0 aliphatic carbocycles. The Balaban J connectivity index is 1.17. The van der Waals surface area contributed by atoms with Crippen LogP contribution in [-0.2, 0) is 6.54 Å². The van der Waals surface area contributed by atoms with Crippen LogP contribution in [0.5, 0.6) is 5.75 Å². The SMILES string of the molecule is CC(NC(=O)c1ccc2c(c1)OCCN2Cc1ccc(-c2ccccc2C(=O)O)cc1)c1cccc2ccccc12. The second kappa shape index (κ2) is 11.2. The summed E-state index contributed by atoms with van der Waals surface area (Å²) in [6.45, 7) is 3.91. The van der Waals surface area contributed by atoms with E-state index in [1.165, 1.54) is 0 Å². The maximum Gasteiger partial charge on any atom is 0.336 e. The van der Waals surface area contributed by atoms with Gasteiger partial charge in [-0.1, -0.05) is 84.9 Å². The van der Waals surface area contributed by atoms with Crippen molar-refractivity contribution >= 4 is 28.3 Å². The average molecular weight is 543 g/mol. The third kappa shape index (κ3) is 5.37. The Labute approximate surface area is 238 Å². The van der Waals surface area contributed by atoms with E-state index in [1.54, 1.807) is 12.1 Å². The molecule has 1 amide bonds. The Morgan fingerprint density at radius 1 is 0.902 bits per heavy atom. The Morgan fingerprint density at radius 2 is 1.66 bits per heavy atom. The summed E-state index contributed by atoms with van der Waals surface area (Å²) in [4.78, 5) is 27.1. The molecule has 1 atom stereocenters. The number of carbonyl (C=O) groups is 2. The van der Waals surface area contributed by atoms with E-state index in [4.69, 9.17) is 4.74 Å². The standard InChI is InChI=1S/C35H30N2O4/c1-23(28-12-6-8-25-7-2-3-9-29(25)28)36-34(38)27-17-18-32-33(21-27)41-20-19-37(32)22-24-13-15-26(16-14-24)30-10-4-5-11-31(30)35(39)40/h2-18,21,23H,19-20,22H2,1H3,(H,36,38)(H,39,40). The predicted molar refractivity (Wildman–Crippen MR) is 162 cm³/mol. The molecule has 6 heteroatoms. The lowest BCUT2D eigenvalue weighted by Gasteiger charge is -2.31. The number of aromatic carboxylic acids is 1. The molecule has 0 fully saturated rings. The summed E-state index contributed by atoms with van der Waals surface area (Å²) in [7, 11) is 0. The van der Waals surface area contributed by atoms with Gasteiger partial charge in [-0.3, -0.25) is 4.79 Å². The van der Waals surface area contributed by atoms with Crippen LogP contribution in [0.1, 0.15) is 44.8 Å². The van der Waals surface area contributed by atoms with Gasteiger partial charge in [0.15, 0.2) is 0 Å². The Kier molecular flexibility index (Phi) is 7.13. The lowest BCUT2D eigenvalue weighted by molar-refractivity contribution is 0.0697. The Morgan fingerprint density at radius 3 is 2.49 bits per heavy atom. The number of hydrogen-bond donors (Lipinski definition) is 2. The maximum atomic E-state index is 13.2. The molecule has 1 unspecified atom stereocenters. The highest BCUT2D eigenvalue weighted by molar-refractivity contribution is 5.97. The minimum Gasteiger partial charge on any atom is -0.490 e. The summed E-state index contributed by atoms with van der Waals surface area (Å²) in [6, 6.07) is 34.8.